The molecule has 0 aromatic carbocycles. The molecule has 108 valence electrons. The molecule has 0 saturated heterocycles. The fraction of sp³-hybridized carbons (Fsp3) is 0.769. The summed E-state index contributed by atoms with van der Waals surface area (Å²) in [6, 6.07) is 0.509. The minimum atomic E-state index is -0.781. The number of ether oxygens (including phenoxy) is 1. The Bertz CT molecular complexity index is 414. The Morgan fingerprint density at radius 2 is 2.26 bits per heavy atom. The SMILES string of the molecule is CNC1CCC(O)(c2c(Br)cnn2CCOC)CC1. The van der Waals surface area contributed by atoms with Crippen LogP contribution in [0.25, 0.3) is 0 Å². The lowest BCUT2D eigenvalue weighted by atomic mass is 9.80. The smallest absolute Gasteiger partial charge is 0.107 e. The number of nitrogens with zero attached hydrogens (tertiary/aromatic N) is 2. The Morgan fingerprint density at radius 3 is 2.84 bits per heavy atom. The molecule has 1 fully saturated rings. The summed E-state index contributed by atoms with van der Waals surface area (Å²) in [5.74, 6) is 0. The van der Waals surface area contributed by atoms with Gasteiger partial charge in [-0.3, -0.25) is 4.68 Å². The maximum Gasteiger partial charge on any atom is 0.107 e. The monoisotopic (exact) mass is 331 g/mol. The zero-order valence-corrected chi connectivity index (χ0v) is 13.1. The van der Waals surface area contributed by atoms with Gasteiger partial charge in [0.05, 0.1) is 29.5 Å². The van der Waals surface area contributed by atoms with Gasteiger partial charge < -0.3 is 15.2 Å². The molecule has 2 N–H and O–H groups in total. The van der Waals surface area contributed by atoms with Crippen molar-refractivity contribution in [3.63, 3.8) is 0 Å². The van der Waals surface area contributed by atoms with Crippen molar-refractivity contribution in [3.05, 3.63) is 16.4 Å². The van der Waals surface area contributed by atoms with E-state index in [0.29, 0.717) is 19.2 Å². The standard InChI is InChI=1S/C13H22BrN3O2/c1-15-10-3-5-13(18,6-4-10)12-11(14)9-16-17(12)7-8-19-2/h9-10,15,18H,3-8H2,1-2H3. The van der Waals surface area contributed by atoms with Crippen LogP contribution in [0.15, 0.2) is 10.7 Å². The fourth-order valence-electron chi connectivity index (χ4n) is 2.79. The number of rotatable bonds is 5. The van der Waals surface area contributed by atoms with Crippen LogP contribution in [0.1, 0.15) is 31.4 Å². The van der Waals surface area contributed by atoms with Gasteiger partial charge >= 0.3 is 0 Å². The number of hydrogen-bond acceptors (Lipinski definition) is 4. The van der Waals surface area contributed by atoms with E-state index in [1.54, 1.807) is 13.3 Å². The Hall–Kier alpha value is -0.430. The highest BCUT2D eigenvalue weighted by molar-refractivity contribution is 9.10. The molecule has 1 heterocycles. The molecule has 0 radical (unpaired) electrons. The molecule has 1 saturated carbocycles. The molecule has 2 rings (SSSR count). The average Bonchev–Trinajstić information content (AvgIpc) is 2.79. The third-order valence-electron chi connectivity index (χ3n) is 3.96. The predicted molar refractivity (Wildman–Crippen MR) is 77.0 cm³/mol. The molecule has 5 nitrogen and oxygen atoms in total. The topological polar surface area (TPSA) is 59.3 Å². The Labute approximate surface area is 122 Å². The van der Waals surface area contributed by atoms with E-state index in [4.69, 9.17) is 4.74 Å². The molecule has 1 aliphatic rings. The molecular formula is C13H22BrN3O2. The van der Waals surface area contributed by atoms with Crippen LogP contribution in [0.5, 0.6) is 0 Å². The third-order valence-corrected chi connectivity index (χ3v) is 4.54. The number of aromatic nitrogens is 2. The summed E-state index contributed by atoms with van der Waals surface area (Å²) in [5.41, 5.74) is 0.107. The maximum absolute atomic E-state index is 10.9. The second-order valence-electron chi connectivity index (χ2n) is 5.15. The molecule has 0 aliphatic heterocycles. The van der Waals surface area contributed by atoms with Crippen molar-refractivity contribution in [2.75, 3.05) is 20.8 Å². The lowest BCUT2D eigenvalue weighted by Crippen LogP contribution is -2.40. The van der Waals surface area contributed by atoms with Crippen molar-refractivity contribution >= 4 is 15.9 Å². The quantitative estimate of drug-likeness (QED) is 0.861. The first-order valence-electron chi connectivity index (χ1n) is 6.71. The van der Waals surface area contributed by atoms with E-state index >= 15 is 0 Å². The summed E-state index contributed by atoms with van der Waals surface area (Å²) in [6.45, 7) is 1.26. The predicted octanol–water partition coefficient (Wildman–Crippen LogP) is 1.64. The first kappa shape index (κ1) is 15.0. The van der Waals surface area contributed by atoms with E-state index in [-0.39, 0.29) is 0 Å². The van der Waals surface area contributed by atoms with E-state index in [0.717, 1.165) is 35.8 Å². The Morgan fingerprint density at radius 1 is 1.58 bits per heavy atom. The molecule has 0 bridgehead atoms. The van der Waals surface area contributed by atoms with Crippen LogP contribution in [0, 0.1) is 0 Å². The fourth-order valence-corrected chi connectivity index (χ4v) is 3.46. The normalized spacial score (nSPS) is 27.7. The van der Waals surface area contributed by atoms with Crippen LogP contribution in [-0.2, 0) is 16.9 Å². The van der Waals surface area contributed by atoms with Crippen LogP contribution >= 0.6 is 15.9 Å². The molecule has 0 amide bonds. The summed E-state index contributed by atoms with van der Waals surface area (Å²) in [6.07, 6.45) is 5.24. The van der Waals surface area contributed by atoms with Crippen molar-refractivity contribution in [3.8, 4) is 0 Å². The van der Waals surface area contributed by atoms with Crippen LogP contribution in [0.4, 0.5) is 0 Å². The van der Waals surface area contributed by atoms with Gasteiger partial charge in [-0.15, -0.1) is 0 Å². The number of nitrogens with one attached hydrogen (secondary N) is 1. The van der Waals surface area contributed by atoms with Crippen LogP contribution in [0.2, 0.25) is 0 Å². The van der Waals surface area contributed by atoms with Crippen molar-refractivity contribution in [2.24, 2.45) is 0 Å². The van der Waals surface area contributed by atoms with Crippen LogP contribution in [-0.4, -0.2) is 41.7 Å². The second kappa shape index (κ2) is 6.35. The summed E-state index contributed by atoms with van der Waals surface area (Å²) in [7, 11) is 3.65. The van der Waals surface area contributed by atoms with E-state index < -0.39 is 5.60 Å². The van der Waals surface area contributed by atoms with Crippen molar-refractivity contribution in [1.82, 2.24) is 15.1 Å². The van der Waals surface area contributed by atoms with Gasteiger partial charge in [0, 0.05) is 13.2 Å². The molecule has 6 heteroatoms. The number of hydrogen-bond donors (Lipinski definition) is 2. The van der Waals surface area contributed by atoms with Gasteiger partial charge in [0.25, 0.3) is 0 Å². The average molecular weight is 332 g/mol. The van der Waals surface area contributed by atoms with Gasteiger partial charge in [0.1, 0.15) is 5.60 Å². The highest BCUT2D eigenvalue weighted by Crippen LogP contribution is 2.40. The number of aliphatic hydroxyl groups is 1. The molecule has 1 aromatic rings. The largest absolute Gasteiger partial charge is 0.384 e. The molecule has 0 atom stereocenters. The second-order valence-corrected chi connectivity index (χ2v) is 6.01. The van der Waals surface area contributed by atoms with E-state index in [1.807, 2.05) is 11.7 Å². The number of halogens is 1. The van der Waals surface area contributed by atoms with E-state index in [1.165, 1.54) is 0 Å². The highest BCUT2D eigenvalue weighted by atomic mass is 79.9. The van der Waals surface area contributed by atoms with Crippen LogP contribution in [0.3, 0.4) is 0 Å². The third kappa shape index (κ3) is 3.18. The Balaban J connectivity index is 2.18. The van der Waals surface area contributed by atoms with Gasteiger partial charge in [0.2, 0.25) is 0 Å². The van der Waals surface area contributed by atoms with Crippen LogP contribution < -0.4 is 5.32 Å². The van der Waals surface area contributed by atoms with Gasteiger partial charge in [-0.2, -0.15) is 5.10 Å². The minimum Gasteiger partial charge on any atom is -0.384 e. The minimum absolute atomic E-state index is 0.509. The van der Waals surface area contributed by atoms with E-state index in [2.05, 4.69) is 26.3 Å². The van der Waals surface area contributed by atoms with Gasteiger partial charge in [-0.05, 0) is 48.7 Å². The maximum atomic E-state index is 10.9. The van der Waals surface area contributed by atoms with Gasteiger partial charge in [-0.1, -0.05) is 0 Å². The molecule has 0 spiro atoms. The molecular weight excluding hydrogens is 310 g/mol. The lowest BCUT2D eigenvalue weighted by molar-refractivity contribution is -0.0169. The van der Waals surface area contributed by atoms with Gasteiger partial charge in [0.15, 0.2) is 0 Å². The summed E-state index contributed by atoms with van der Waals surface area (Å²) in [4.78, 5) is 0. The molecule has 0 unspecified atom stereocenters. The molecule has 1 aliphatic carbocycles. The van der Waals surface area contributed by atoms with Crippen molar-refractivity contribution in [1.29, 1.82) is 0 Å². The summed E-state index contributed by atoms with van der Waals surface area (Å²) in [5, 5.41) is 18.6. The van der Waals surface area contributed by atoms with Crippen molar-refractivity contribution in [2.45, 2.75) is 43.9 Å². The Kier molecular flexibility index (Phi) is 5.00. The van der Waals surface area contributed by atoms with E-state index in [9.17, 15) is 5.11 Å². The van der Waals surface area contributed by atoms with Gasteiger partial charge in [-0.25, -0.2) is 0 Å². The zero-order valence-electron chi connectivity index (χ0n) is 11.5. The zero-order chi connectivity index (χ0) is 13.9. The first-order valence-corrected chi connectivity index (χ1v) is 7.50. The number of methoxy groups -OCH3 is 1. The summed E-state index contributed by atoms with van der Waals surface area (Å²) < 4.78 is 7.83. The molecule has 1 aromatic heterocycles. The first-order chi connectivity index (χ1) is 9.10. The summed E-state index contributed by atoms with van der Waals surface area (Å²) >= 11 is 3.51. The van der Waals surface area contributed by atoms with Crippen molar-refractivity contribution < 1.29 is 9.84 Å². The highest BCUT2D eigenvalue weighted by Gasteiger charge is 2.38. The lowest BCUT2D eigenvalue weighted by Gasteiger charge is -2.36. The molecule has 19 heavy (non-hydrogen) atoms.